The third-order valence-electron chi connectivity index (χ3n) is 11.0. The third kappa shape index (κ3) is 6.45. The first kappa shape index (κ1) is 35.7. The molecule has 0 fully saturated rings. The van der Waals surface area contributed by atoms with Crippen LogP contribution in [0.15, 0.2) is 91.0 Å². The fourth-order valence-electron chi connectivity index (χ4n) is 7.63. The van der Waals surface area contributed by atoms with Gasteiger partial charge in [-0.3, -0.25) is 0 Å². The van der Waals surface area contributed by atoms with E-state index < -0.39 is 0 Å². The van der Waals surface area contributed by atoms with Crippen molar-refractivity contribution >= 4 is 5.69 Å². The second kappa shape index (κ2) is 11.7. The SMILES string of the molecule is CC(C)(C)c1cc(-c2cc(-c3cc(C(C)(C)C)cc(C(C)(C)C)c3)cc(-c3c(N)ccc4c3C(C)(C)c3ccccc3-4)c2)cc(C(C)(C)C)c1. The van der Waals surface area contributed by atoms with Crippen LogP contribution >= 0.6 is 0 Å². The van der Waals surface area contributed by atoms with Crippen LogP contribution in [-0.2, 0) is 27.1 Å². The van der Waals surface area contributed by atoms with Gasteiger partial charge in [0, 0.05) is 16.7 Å². The molecule has 0 saturated heterocycles. The average molecular weight is 662 g/mol. The van der Waals surface area contributed by atoms with Gasteiger partial charge in [0.2, 0.25) is 0 Å². The number of nitrogens with two attached hydrogens (primary N) is 1. The lowest BCUT2D eigenvalue weighted by molar-refractivity contribution is 0.568. The largest absolute Gasteiger partial charge is 0.398 e. The van der Waals surface area contributed by atoms with E-state index >= 15 is 0 Å². The molecule has 0 heterocycles. The van der Waals surface area contributed by atoms with Crippen LogP contribution in [-0.4, -0.2) is 0 Å². The van der Waals surface area contributed by atoms with Crippen LogP contribution in [0.3, 0.4) is 0 Å². The fraction of sp³-hybridized carbons (Fsp3) is 0.388. The summed E-state index contributed by atoms with van der Waals surface area (Å²) in [5, 5.41) is 0. The minimum absolute atomic E-state index is 0.0135. The Morgan fingerprint density at radius 3 is 1.22 bits per heavy atom. The third-order valence-corrected chi connectivity index (χ3v) is 11.0. The summed E-state index contributed by atoms with van der Waals surface area (Å²) < 4.78 is 0. The molecule has 1 nitrogen and oxygen atoms in total. The van der Waals surface area contributed by atoms with Gasteiger partial charge in [-0.25, -0.2) is 0 Å². The Morgan fingerprint density at radius 1 is 0.420 bits per heavy atom. The lowest BCUT2D eigenvalue weighted by atomic mass is 9.76. The van der Waals surface area contributed by atoms with Crippen LogP contribution in [0.2, 0.25) is 0 Å². The number of benzene rings is 5. The summed E-state index contributed by atoms with van der Waals surface area (Å²) in [6, 6.07) is 35.0. The summed E-state index contributed by atoms with van der Waals surface area (Å²) in [6.45, 7) is 32.5. The molecule has 0 radical (unpaired) electrons. The molecule has 1 aliphatic rings. The zero-order valence-electron chi connectivity index (χ0n) is 33.2. The monoisotopic (exact) mass is 661 g/mol. The summed E-state index contributed by atoms with van der Waals surface area (Å²) in [4.78, 5) is 0. The Bertz CT molecular complexity index is 1950. The van der Waals surface area contributed by atoms with Gasteiger partial charge < -0.3 is 5.73 Å². The molecule has 0 aliphatic heterocycles. The summed E-state index contributed by atoms with van der Waals surface area (Å²) in [7, 11) is 0. The van der Waals surface area contributed by atoms with Gasteiger partial charge in [-0.05, 0) is 118 Å². The maximum absolute atomic E-state index is 7.08. The van der Waals surface area contributed by atoms with E-state index in [0.717, 1.165) is 11.3 Å². The van der Waals surface area contributed by atoms with E-state index in [-0.39, 0.29) is 27.1 Å². The molecule has 0 spiro atoms. The molecule has 0 aromatic heterocycles. The molecule has 0 unspecified atom stereocenters. The van der Waals surface area contributed by atoms with Gasteiger partial charge in [0.1, 0.15) is 0 Å². The van der Waals surface area contributed by atoms with Crippen LogP contribution in [0.25, 0.3) is 44.5 Å². The van der Waals surface area contributed by atoms with E-state index in [4.69, 9.17) is 5.73 Å². The number of nitrogen functional groups attached to an aromatic ring is 1. The molecule has 5 aromatic rings. The van der Waals surface area contributed by atoms with Crippen molar-refractivity contribution in [3.63, 3.8) is 0 Å². The van der Waals surface area contributed by atoms with Crippen molar-refractivity contribution in [2.75, 3.05) is 5.73 Å². The first-order valence-corrected chi connectivity index (χ1v) is 18.5. The van der Waals surface area contributed by atoms with Crippen LogP contribution < -0.4 is 5.73 Å². The standard InChI is InChI=1S/C49H59N/c1-45(2,3)35-24-32(25-36(28-35)46(4,5)6)30-21-31(33-26-37(47(7,8)9)29-38(27-33)48(10,11)12)23-34(22-30)43-42(50)20-19-40-39-17-15-16-18-41(39)49(13,14)44(40)43/h15-29H,50H2,1-14H3. The van der Waals surface area contributed by atoms with Crippen LogP contribution in [0.4, 0.5) is 5.69 Å². The van der Waals surface area contributed by atoms with Gasteiger partial charge in [0.15, 0.2) is 0 Å². The van der Waals surface area contributed by atoms with Crippen molar-refractivity contribution < 1.29 is 0 Å². The molecule has 0 atom stereocenters. The Kier molecular flexibility index (Phi) is 8.38. The van der Waals surface area contributed by atoms with Crippen molar-refractivity contribution in [3.8, 4) is 44.5 Å². The Labute approximate surface area is 303 Å². The van der Waals surface area contributed by atoms with Crippen LogP contribution in [0, 0.1) is 0 Å². The predicted octanol–water partition coefficient (Wildman–Crippen LogP) is 13.8. The number of hydrogen-bond donors (Lipinski definition) is 1. The lowest BCUT2D eigenvalue weighted by Crippen LogP contribution is -2.17. The smallest absolute Gasteiger partial charge is 0.0397 e. The second-order valence-electron chi connectivity index (χ2n) is 19.5. The summed E-state index contributed by atoms with van der Waals surface area (Å²) >= 11 is 0. The van der Waals surface area contributed by atoms with Crippen molar-refractivity contribution in [2.45, 2.75) is 124 Å². The number of rotatable bonds is 3. The molecule has 0 bridgehead atoms. The quantitative estimate of drug-likeness (QED) is 0.191. The highest BCUT2D eigenvalue weighted by Gasteiger charge is 2.38. The van der Waals surface area contributed by atoms with Crippen LogP contribution in [0.1, 0.15) is 130 Å². The molecule has 50 heavy (non-hydrogen) atoms. The topological polar surface area (TPSA) is 26.0 Å². The highest BCUT2D eigenvalue weighted by molar-refractivity contribution is 5.95. The molecular weight excluding hydrogens is 603 g/mol. The van der Waals surface area contributed by atoms with Gasteiger partial charge in [0.05, 0.1) is 0 Å². The van der Waals surface area contributed by atoms with Crippen molar-refractivity contribution in [3.05, 3.63) is 124 Å². The Hall–Kier alpha value is -4.10. The Balaban J connectivity index is 1.72. The molecule has 6 rings (SSSR count). The fourth-order valence-corrected chi connectivity index (χ4v) is 7.63. The first-order chi connectivity index (χ1) is 23.0. The zero-order valence-corrected chi connectivity index (χ0v) is 33.2. The number of fused-ring (bicyclic) bond motifs is 3. The van der Waals surface area contributed by atoms with Gasteiger partial charge in [-0.2, -0.15) is 0 Å². The zero-order chi connectivity index (χ0) is 36.8. The second-order valence-corrected chi connectivity index (χ2v) is 19.5. The van der Waals surface area contributed by atoms with E-state index in [2.05, 4.69) is 188 Å². The molecule has 1 heteroatoms. The average Bonchev–Trinajstić information content (AvgIpc) is 3.25. The van der Waals surface area contributed by atoms with E-state index in [1.165, 1.54) is 72.3 Å². The van der Waals surface area contributed by atoms with Crippen molar-refractivity contribution in [1.82, 2.24) is 0 Å². The maximum Gasteiger partial charge on any atom is 0.0397 e. The molecule has 260 valence electrons. The highest BCUT2D eigenvalue weighted by atomic mass is 14.6. The Morgan fingerprint density at radius 2 is 0.800 bits per heavy atom. The van der Waals surface area contributed by atoms with Gasteiger partial charge in [-0.15, -0.1) is 0 Å². The minimum atomic E-state index is -0.191. The van der Waals surface area contributed by atoms with E-state index in [9.17, 15) is 0 Å². The maximum atomic E-state index is 7.08. The summed E-state index contributed by atoms with van der Waals surface area (Å²) in [6.07, 6.45) is 0. The molecule has 0 saturated carbocycles. The van der Waals surface area contributed by atoms with Gasteiger partial charge in [-0.1, -0.05) is 164 Å². The van der Waals surface area contributed by atoms with E-state index in [1.807, 2.05) is 0 Å². The van der Waals surface area contributed by atoms with Crippen molar-refractivity contribution in [2.24, 2.45) is 0 Å². The number of hydrogen-bond acceptors (Lipinski definition) is 1. The number of anilines is 1. The molecular formula is C49H59N. The normalized spacial score (nSPS) is 14.4. The molecule has 0 amide bonds. The van der Waals surface area contributed by atoms with Crippen molar-refractivity contribution in [1.29, 1.82) is 0 Å². The molecule has 2 N–H and O–H groups in total. The van der Waals surface area contributed by atoms with Crippen LogP contribution in [0.5, 0.6) is 0 Å². The van der Waals surface area contributed by atoms with E-state index in [0.29, 0.717) is 0 Å². The van der Waals surface area contributed by atoms with E-state index in [1.54, 1.807) is 0 Å². The molecule has 5 aromatic carbocycles. The summed E-state index contributed by atoms with van der Waals surface area (Å²) in [5.41, 5.74) is 25.7. The first-order valence-electron chi connectivity index (χ1n) is 18.5. The minimum Gasteiger partial charge on any atom is -0.398 e. The molecule has 1 aliphatic carbocycles. The van der Waals surface area contributed by atoms with Gasteiger partial charge >= 0.3 is 0 Å². The highest BCUT2D eigenvalue weighted by Crippen LogP contribution is 2.54. The predicted molar refractivity (Wildman–Crippen MR) is 220 cm³/mol. The lowest BCUT2D eigenvalue weighted by Gasteiger charge is -2.28. The van der Waals surface area contributed by atoms with Gasteiger partial charge in [0.25, 0.3) is 0 Å². The summed E-state index contributed by atoms with van der Waals surface area (Å²) in [5.74, 6) is 0.